The second kappa shape index (κ2) is 12.6. The van der Waals surface area contributed by atoms with Crippen molar-refractivity contribution in [3.8, 4) is 0 Å². The van der Waals surface area contributed by atoms with Crippen LogP contribution in [0.4, 0.5) is 0 Å². The maximum absolute atomic E-state index is 12.4. The number of nitrogens with one attached hydrogen (secondary N) is 2. The average Bonchev–Trinajstić information content (AvgIpc) is 2.64. The predicted molar refractivity (Wildman–Crippen MR) is 95.1 cm³/mol. The summed E-state index contributed by atoms with van der Waals surface area (Å²) in [5, 5.41) is 12.2. The molecule has 146 valence electrons. The van der Waals surface area contributed by atoms with Gasteiger partial charge in [0.15, 0.2) is 0 Å². The predicted octanol–water partition coefficient (Wildman–Crippen LogP) is 1.61. The van der Waals surface area contributed by atoms with Gasteiger partial charge in [-0.1, -0.05) is 11.6 Å². The second-order valence-corrected chi connectivity index (χ2v) is 5.96. The molecule has 0 spiro atoms. The van der Waals surface area contributed by atoms with Crippen LogP contribution in [-0.4, -0.2) is 56.8 Å². The first kappa shape index (κ1) is 22.3. The van der Waals surface area contributed by atoms with Crippen molar-refractivity contribution in [2.75, 3.05) is 33.7 Å². The van der Waals surface area contributed by atoms with Gasteiger partial charge in [0.2, 0.25) is 5.91 Å². The Morgan fingerprint density at radius 3 is 2.46 bits per heavy atom. The normalized spacial score (nSPS) is 13.1. The monoisotopic (exact) mass is 388 g/mol. The fourth-order valence-electron chi connectivity index (χ4n) is 2.26. The molecular formula is C17H25ClN2O6. The molecule has 0 saturated carbocycles. The van der Waals surface area contributed by atoms with E-state index in [1.807, 2.05) is 6.92 Å². The SMILES string of the molecule is CCOCOC[C@@H](C[C@@H](COC)C(=O)NO)NC(=O)c1ccc(Cl)cc1. The zero-order valence-electron chi connectivity index (χ0n) is 14.9. The van der Waals surface area contributed by atoms with Gasteiger partial charge in [-0.2, -0.15) is 0 Å². The van der Waals surface area contributed by atoms with E-state index >= 15 is 0 Å². The van der Waals surface area contributed by atoms with Crippen molar-refractivity contribution >= 4 is 23.4 Å². The molecule has 2 atom stereocenters. The van der Waals surface area contributed by atoms with E-state index in [0.717, 1.165) is 0 Å². The van der Waals surface area contributed by atoms with Gasteiger partial charge >= 0.3 is 0 Å². The number of hydrogen-bond donors (Lipinski definition) is 3. The molecule has 3 N–H and O–H groups in total. The summed E-state index contributed by atoms with van der Waals surface area (Å²) in [5.41, 5.74) is 2.04. The van der Waals surface area contributed by atoms with Crippen LogP contribution < -0.4 is 10.8 Å². The molecule has 0 heterocycles. The number of amides is 2. The van der Waals surface area contributed by atoms with E-state index < -0.39 is 17.9 Å². The number of carbonyl (C=O) groups is 2. The van der Waals surface area contributed by atoms with Gasteiger partial charge in [0, 0.05) is 24.3 Å². The van der Waals surface area contributed by atoms with Gasteiger partial charge in [-0.25, -0.2) is 5.48 Å². The summed E-state index contributed by atoms with van der Waals surface area (Å²) in [5.74, 6) is -1.58. The van der Waals surface area contributed by atoms with Crippen molar-refractivity contribution in [2.24, 2.45) is 5.92 Å². The molecule has 0 unspecified atom stereocenters. The van der Waals surface area contributed by atoms with Crippen LogP contribution in [0.5, 0.6) is 0 Å². The molecule has 1 aromatic rings. The summed E-state index contributed by atoms with van der Waals surface area (Å²) >= 11 is 5.83. The highest BCUT2D eigenvalue weighted by molar-refractivity contribution is 6.30. The van der Waals surface area contributed by atoms with E-state index in [1.54, 1.807) is 29.7 Å². The van der Waals surface area contributed by atoms with Crippen LogP contribution in [0, 0.1) is 5.92 Å². The largest absolute Gasteiger partial charge is 0.384 e. The first-order valence-corrected chi connectivity index (χ1v) is 8.54. The minimum atomic E-state index is -0.656. The Balaban J connectivity index is 2.76. The molecule has 0 saturated heterocycles. The summed E-state index contributed by atoms with van der Waals surface area (Å²) in [6.07, 6.45) is 0.214. The average molecular weight is 389 g/mol. The Morgan fingerprint density at radius 2 is 1.88 bits per heavy atom. The highest BCUT2D eigenvalue weighted by Gasteiger charge is 2.24. The lowest BCUT2D eigenvalue weighted by Crippen LogP contribution is -2.43. The molecule has 9 heteroatoms. The van der Waals surface area contributed by atoms with Crippen molar-refractivity contribution in [1.82, 2.24) is 10.8 Å². The fourth-order valence-corrected chi connectivity index (χ4v) is 2.38. The lowest BCUT2D eigenvalue weighted by Gasteiger charge is -2.23. The van der Waals surface area contributed by atoms with E-state index in [4.69, 9.17) is 31.0 Å². The second-order valence-electron chi connectivity index (χ2n) is 5.52. The minimum absolute atomic E-state index is 0.0744. The number of rotatable bonds is 12. The highest BCUT2D eigenvalue weighted by Crippen LogP contribution is 2.12. The van der Waals surface area contributed by atoms with E-state index in [9.17, 15) is 9.59 Å². The van der Waals surface area contributed by atoms with Crippen molar-refractivity contribution in [1.29, 1.82) is 0 Å². The number of hydrogen-bond acceptors (Lipinski definition) is 6. The molecule has 0 aliphatic carbocycles. The third-order valence-corrected chi connectivity index (χ3v) is 3.80. The van der Waals surface area contributed by atoms with Gasteiger partial charge < -0.3 is 19.5 Å². The van der Waals surface area contributed by atoms with Crippen molar-refractivity contribution in [2.45, 2.75) is 19.4 Å². The number of halogens is 1. The topological polar surface area (TPSA) is 106 Å². The molecule has 0 bridgehead atoms. The Morgan fingerprint density at radius 1 is 1.19 bits per heavy atom. The van der Waals surface area contributed by atoms with Crippen LogP contribution in [0.15, 0.2) is 24.3 Å². The standard InChI is InChI=1S/C17H25ClN2O6/c1-3-25-11-26-10-15(8-13(9-24-2)17(22)20-23)19-16(21)12-4-6-14(18)7-5-12/h4-7,13,15,23H,3,8-11H2,1-2H3,(H,19,21)(H,20,22)/t13-,15+/m0/s1. The van der Waals surface area contributed by atoms with Crippen LogP contribution in [0.25, 0.3) is 0 Å². The summed E-state index contributed by atoms with van der Waals surface area (Å²) in [6, 6.07) is 5.94. The third-order valence-electron chi connectivity index (χ3n) is 3.55. The smallest absolute Gasteiger partial charge is 0.251 e. The van der Waals surface area contributed by atoms with Gasteiger partial charge in [-0.15, -0.1) is 0 Å². The number of hydroxylamine groups is 1. The first-order chi connectivity index (χ1) is 12.5. The Kier molecular flexibility index (Phi) is 10.8. The van der Waals surface area contributed by atoms with E-state index in [1.165, 1.54) is 7.11 Å². The molecule has 0 aliphatic rings. The van der Waals surface area contributed by atoms with Crippen LogP contribution in [0.3, 0.4) is 0 Å². The zero-order valence-corrected chi connectivity index (χ0v) is 15.6. The van der Waals surface area contributed by atoms with E-state index in [0.29, 0.717) is 17.2 Å². The number of methoxy groups -OCH3 is 1. The Labute approximate surface area is 157 Å². The van der Waals surface area contributed by atoms with Crippen LogP contribution >= 0.6 is 11.6 Å². The van der Waals surface area contributed by atoms with Gasteiger partial charge in [0.05, 0.1) is 25.2 Å². The van der Waals surface area contributed by atoms with Crippen molar-refractivity contribution in [3.63, 3.8) is 0 Å². The molecule has 0 aliphatic heterocycles. The first-order valence-electron chi connectivity index (χ1n) is 8.16. The van der Waals surface area contributed by atoms with Crippen molar-refractivity contribution < 1.29 is 29.0 Å². The van der Waals surface area contributed by atoms with Crippen LogP contribution in [0.1, 0.15) is 23.7 Å². The molecule has 1 rings (SSSR count). The fraction of sp³-hybridized carbons (Fsp3) is 0.529. The third kappa shape index (κ3) is 8.11. The van der Waals surface area contributed by atoms with Crippen molar-refractivity contribution in [3.05, 3.63) is 34.9 Å². The van der Waals surface area contributed by atoms with Crippen LogP contribution in [0.2, 0.25) is 5.02 Å². The molecule has 2 amide bonds. The molecule has 0 aromatic heterocycles. The Bertz CT molecular complexity index is 555. The van der Waals surface area contributed by atoms with Gasteiger partial charge in [0.25, 0.3) is 5.91 Å². The molecule has 0 radical (unpaired) electrons. The maximum Gasteiger partial charge on any atom is 0.251 e. The number of benzene rings is 1. The quantitative estimate of drug-likeness (QED) is 0.217. The van der Waals surface area contributed by atoms with E-state index in [-0.39, 0.29) is 32.3 Å². The minimum Gasteiger partial charge on any atom is -0.384 e. The summed E-state index contributed by atoms with van der Waals surface area (Å²) in [6.45, 7) is 2.64. The van der Waals surface area contributed by atoms with Gasteiger partial charge in [0.1, 0.15) is 6.79 Å². The molecule has 1 aromatic carbocycles. The molecule has 8 nitrogen and oxygen atoms in total. The molecular weight excluding hydrogens is 364 g/mol. The van der Waals surface area contributed by atoms with E-state index in [2.05, 4.69) is 5.32 Å². The zero-order chi connectivity index (χ0) is 19.4. The van der Waals surface area contributed by atoms with Gasteiger partial charge in [-0.05, 0) is 37.6 Å². The van der Waals surface area contributed by atoms with Gasteiger partial charge in [-0.3, -0.25) is 14.8 Å². The molecule has 0 fully saturated rings. The summed E-state index contributed by atoms with van der Waals surface area (Å²) in [4.78, 5) is 24.2. The number of ether oxygens (including phenoxy) is 3. The summed E-state index contributed by atoms with van der Waals surface area (Å²) < 4.78 is 15.5. The summed E-state index contributed by atoms with van der Waals surface area (Å²) in [7, 11) is 1.45. The van der Waals surface area contributed by atoms with Crippen LogP contribution in [-0.2, 0) is 19.0 Å². The number of carbonyl (C=O) groups excluding carboxylic acids is 2. The lowest BCUT2D eigenvalue weighted by atomic mass is 10.00. The molecule has 26 heavy (non-hydrogen) atoms. The highest BCUT2D eigenvalue weighted by atomic mass is 35.5. The maximum atomic E-state index is 12.4. The Hall–Kier alpha value is -1.71. The lowest BCUT2D eigenvalue weighted by molar-refractivity contribution is -0.135.